The highest BCUT2D eigenvalue weighted by Gasteiger charge is 2.19. The van der Waals surface area contributed by atoms with Crippen molar-refractivity contribution in [1.82, 2.24) is 24.1 Å². The maximum atomic E-state index is 4.90. The molecular weight excluding hydrogens is 420 g/mol. The third-order valence-corrected chi connectivity index (χ3v) is 6.30. The highest BCUT2D eigenvalue weighted by atomic mass is 15.4. The van der Waals surface area contributed by atoms with Crippen molar-refractivity contribution in [2.45, 2.75) is 33.1 Å². The standard InChI is InChI=1S/C28H32N6/c1-3-9-23(10-8-20-32-18-6-7-19-32)30-28-29-17-16-25(31-28)27-26-11-4-5-21-33(26)34(27)24-14-12-22(2)13-15-24/h3-5,9-17,21H,6-8,18-20H2,1-2H3,(H,29,30,31)/b9-3-,23-10+. The van der Waals surface area contributed by atoms with E-state index < -0.39 is 0 Å². The number of nitrogens with zero attached hydrogens (tertiary/aromatic N) is 5. The van der Waals surface area contributed by atoms with E-state index in [0.29, 0.717) is 5.95 Å². The fourth-order valence-corrected chi connectivity index (χ4v) is 4.58. The van der Waals surface area contributed by atoms with Gasteiger partial charge in [0.1, 0.15) is 5.69 Å². The first kappa shape index (κ1) is 22.2. The minimum absolute atomic E-state index is 0.605. The van der Waals surface area contributed by atoms with E-state index in [-0.39, 0.29) is 0 Å². The predicted molar refractivity (Wildman–Crippen MR) is 139 cm³/mol. The van der Waals surface area contributed by atoms with Gasteiger partial charge in [-0.15, -0.1) is 0 Å². The van der Waals surface area contributed by atoms with Gasteiger partial charge < -0.3 is 10.2 Å². The average Bonchev–Trinajstić information content (AvgIpc) is 3.35. The van der Waals surface area contributed by atoms with Crippen molar-refractivity contribution in [3.05, 3.63) is 90.4 Å². The lowest BCUT2D eigenvalue weighted by molar-refractivity contribution is 0.346. The van der Waals surface area contributed by atoms with Crippen LogP contribution in [0, 0.1) is 6.92 Å². The summed E-state index contributed by atoms with van der Waals surface area (Å²) in [6.45, 7) is 7.68. The Labute approximate surface area is 201 Å². The monoisotopic (exact) mass is 452 g/mol. The van der Waals surface area contributed by atoms with Gasteiger partial charge in [0.05, 0.1) is 16.9 Å². The minimum atomic E-state index is 0.605. The van der Waals surface area contributed by atoms with Crippen molar-refractivity contribution in [2.24, 2.45) is 0 Å². The number of allylic oxidation sites excluding steroid dienone is 2. The quantitative estimate of drug-likeness (QED) is 0.341. The van der Waals surface area contributed by atoms with E-state index in [1.165, 1.54) is 31.5 Å². The highest BCUT2D eigenvalue weighted by molar-refractivity contribution is 5.79. The second-order valence-electron chi connectivity index (χ2n) is 8.81. The van der Waals surface area contributed by atoms with E-state index in [1.54, 1.807) is 0 Å². The van der Waals surface area contributed by atoms with E-state index in [2.05, 4.69) is 86.1 Å². The van der Waals surface area contributed by atoms with Crippen LogP contribution in [0.3, 0.4) is 0 Å². The van der Waals surface area contributed by atoms with Gasteiger partial charge in [0, 0.05) is 24.6 Å². The maximum absolute atomic E-state index is 4.90. The molecule has 174 valence electrons. The molecule has 0 saturated carbocycles. The summed E-state index contributed by atoms with van der Waals surface area (Å²) in [5.74, 6) is 0.605. The largest absolute Gasteiger partial charge is 0.324 e. The molecule has 4 heterocycles. The molecule has 1 N–H and O–H groups in total. The first-order valence-corrected chi connectivity index (χ1v) is 12.1. The van der Waals surface area contributed by atoms with Gasteiger partial charge in [-0.25, -0.2) is 14.6 Å². The number of benzene rings is 1. The van der Waals surface area contributed by atoms with Crippen LogP contribution in [0.1, 0.15) is 31.7 Å². The Morgan fingerprint density at radius 2 is 1.88 bits per heavy atom. The van der Waals surface area contributed by atoms with Gasteiger partial charge in [-0.3, -0.25) is 4.52 Å². The lowest BCUT2D eigenvalue weighted by Crippen LogP contribution is -2.20. The van der Waals surface area contributed by atoms with Crippen LogP contribution in [0.5, 0.6) is 0 Å². The topological polar surface area (TPSA) is 50.4 Å². The van der Waals surface area contributed by atoms with Crippen molar-refractivity contribution in [1.29, 1.82) is 0 Å². The summed E-state index contributed by atoms with van der Waals surface area (Å²) in [4.78, 5) is 11.9. The van der Waals surface area contributed by atoms with Crippen molar-refractivity contribution >= 4 is 11.5 Å². The maximum Gasteiger partial charge on any atom is 0.227 e. The van der Waals surface area contributed by atoms with Crippen LogP contribution in [0.2, 0.25) is 0 Å². The van der Waals surface area contributed by atoms with Crippen molar-refractivity contribution in [3.8, 4) is 17.1 Å². The number of hydrogen-bond donors (Lipinski definition) is 1. The molecule has 1 saturated heterocycles. The summed E-state index contributed by atoms with van der Waals surface area (Å²) in [5, 5.41) is 3.43. The Morgan fingerprint density at radius 1 is 1.06 bits per heavy atom. The van der Waals surface area contributed by atoms with E-state index in [4.69, 9.17) is 4.98 Å². The molecule has 0 atom stereocenters. The van der Waals surface area contributed by atoms with Gasteiger partial charge in [0.2, 0.25) is 5.95 Å². The Morgan fingerprint density at radius 3 is 2.68 bits per heavy atom. The van der Waals surface area contributed by atoms with E-state index in [1.807, 2.05) is 31.3 Å². The Balaban J connectivity index is 1.43. The van der Waals surface area contributed by atoms with Crippen LogP contribution in [-0.4, -0.2) is 43.7 Å². The Hall–Kier alpha value is -3.64. The molecule has 5 rings (SSSR count). The number of nitrogens with one attached hydrogen (secondary N) is 1. The number of pyridine rings is 1. The van der Waals surface area contributed by atoms with Gasteiger partial charge >= 0.3 is 0 Å². The zero-order chi connectivity index (χ0) is 23.3. The molecule has 4 aromatic rings. The summed E-state index contributed by atoms with van der Waals surface area (Å²) in [7, 11) is 0. The number of fused-ring (bicyclic) bond motifs is 1. The summed E-state index contributed by atoms with van der Waals surface area (Å²) in [6, 6.07) is 16.8. The molecule has 0 spiro atoms. The highest BCUT2D eigenvalue weighted by Crippen LogP contribution is 2.31. The number of aryl methyl sites for hydroxylation is 1. The summed E-state index contributed by atoms with van der Waals surface area (Å²) < 4.78 is 4.35. The lowest BCUT2D eigenvalue weighted by atomic mass is 10.1. The molecule has 1 aromatic carbocycles. The molecule has 0 radical (unpaired) electrons. The number of anilines is 1. The van der Waals surface area contributed by atoms with Crippen LogP contribution in [0.4, 0.5) is 5.95 Å². The molecule has 1 fully saturated rings. The lowest BCUT2D eigenvalue weighted by Gasteiger charge is -2.25. The van der Waals surface area contributed by atoms with Gasteiger partial charge in [-0.2, -0.15) is 0 Å². The summed E-state index contributed by atoms with van der Waals surface area (Å²) >= 11 is 0. The SMILES string of the molecule is C/C=C\C(=C/CCN1CCCC1)Nc1nccc(-c2c3ccccn3n2-c2ccc(C)cc2)n1. The zero-order valence-electron chi connectivity index (χ0n) is 20.0. The molecule has 0 bridgehead atoms. The van der Waals surface area contributed by atoms with Crippen molar-refractivity contribution in [3.63, 3.8) is 0 Å². The smallest absolute Gasteiger partial charge is 0.227 e. The number of aromatic nitrogens is 4. The molecule has 6 nitrogen and oxygen atoms in total. The van der Waals surface area contributed by atoms with Gasteiger partial charge in [-0.05, 0) is 82.6 Å². The molecule has 34 heavy (non-hydrogen) atoms. The van der Waals surface area contributed by atoms with Gasteiger partial charge in [0.15, 0.2) is 0 Å². The summed E-state index contributed by atoms with van der Waals surface area (Å²) in [6.07, 6.45) is 13.9. The zero-order valence-corrected chi connectivity index (χ0v) is 20.0. The number of hydrogen-bond acceptors (Lipinski definition) is 4. The van der Waals surface area contributed by atoms with E-state index in [0.717, 1.165) is 41.3 Å². The molecule has 1 aliphatic rings. The van der Waals surface area contributed by atoms with Gasteiger partial charge in [0.25, 0.3) is 0 Å². The van der Waals surface area contributed by atoms with E-state index >= 15 is 0 Å². The van der Waals surface area contributed by atoms with Crippen LogP contribution >= 0.6 is 0 Å². The second-order valence-corrected chi connectivity index (χ2v) is 8.81. The normalized spacial score (nSPS) is 15.1. The molecular formula is C28H32N6. The molecule has 6 heteroatoms. The molecule has 0 aliphatic carbocycles. The fraction of sp³-hybridized carbons (Fsp3) is 0.286. The van der Waals surface area contributed by atoms with Crippen molar-refractivity contribution < 1.29 is 0 Å². The average molecular weight is 453 g/mol. The van der Waals surface area contributed by atoms with Crippen molar-refractivity contribution in [2.75, 3.05) is 25.0 Å². The predicted octanol–water partition coefficient (Wildman–Crippen LogP) is 5.85. The van der Waals surface area contributed by atoms with Crippen LogP contribution in [0.25, 0.3) is 22.6 Å². The first-order valence-electron chi connectivity index (χ1n) is 12.1. The molecule has 0 amide bonds. The molecule has 0 unspecified atom stereocenters. The Bertz CT molecular complexity index is 1300. The first-order chi connectivity index (χ1) is 16.7. The fourth-order valence-electron chi connectivity index (χ4n) is 4.58. The number of likely N-dealkylation sites (tertiary alicyclic amines) is 1. The van der Waals surface area contributed by atoms with Crippen LogP contribution < -0.4 is 5.32 Å². The van der Waals surface area contributed by atoms with Crippen LogP contribution in [-0.2, 0) is 0 Å². The van der Waals surface area contributed by atoms with Crippen LogP contribution in [0.15, 0.2) is 84.8 Å². The van der Waals surface area contributed by atoms with E-state index in [9.17, 15) is 0 Å². The number of rotatable bonds is 8. The minimum Gasteiger partial charge on any atom is -0.324 e. The summed E-state index contributed by atoms with van der Waals surface area (Å²) in [5.41, 5.74) is 6.46. The third kappa shape index (κ3) is 4.68. The third-order valence-electron chi connectivity index (χ3n) is 6.30. The second kappa shape index (κ2) is 10.1. The Kier molecular flexibility index (Phi) is 6.58. The van der Waals surface area contributed by atoms with Gasteiger partial charge in [-0.1, -0.05) is 35.9 Å². The molecule has 1 aliphatic heterocycles. The molecule has 3 aromatic heterocycles.